The van der Waals surface area contributed by atoms with Crippen LogP contribution in [0.3, 0.4) is 0 Å². The summed E-state index contributed by atoms with van der Waals surface area (Å²) in [5, 5.41) is 10.7. The Morgan fingerprint density at radius 1 is 1.15 bits per heavy atom. The highest BCUT2D eigenvalue weighted by Crippen LogP contribution is 2.27. The van der Waals surface area contributed by atoms with Gasteiger partial charge in [-0.3, -0.25) is 4.79 Å². The minimum absolute atomic E-state index is 0.0346. The molecule has 0 unspecified atom stereocenters. The number of hydrogen-bond acceptors (Lipinski definition) is 4. The molecule has 3 rings (SSSR count). The van der Waals surface area contributed by atoms with Crippen LogP contribution in [0.25, 0.3) is 0 Å². The first kappa shape index (κ1) is 18.3. The number of rotatable bonds is 5. The molecule has 5 heteroatoms. The quantitative estimate of drug-likeness (QED) is 0.896. The Morgan fingerprint density at radius 2 is 1.85 bits per heavy atom. The molecule has 0 aromatic heterocycles. The highest BCUT2D eigenvalue weighted by Gasteiger charge is 2.40. The summed E-state index contributed by atoms with van der Waals surface area (Å²) < 4.78 is 11.1. The number of carbonyl (C=O) groups is 1. The van der Waals surface area contributed by atoms with Crippen molar-refractivity contribution in [3.63, 3.8) is 0 Å². The number of ether oxygens (including phenoxy) is 2. The lowest BCUT2D eigenvalue weighted by Gasteiger charge is -2.42. The van der Waals surface area contributed by atoms with Crippen molar-refractivity contribution in [1.82, 2.24) is 4.90 Å². The maximum Gasteiger partial charge on any atom is 0.227 e. The molecule has 0 bridgehead atoms. The number of benzene rings is 2. The van der Waals surface area contributed by atoms with Gasteiger partial charge in [-0.25, -0.2) is 0 Å². The molecule has 1 aliphatic rings. The van der Waals surface area contributed by atoms with Gasteiger partial charge in [-0.15, -0.1) is 0 Å². The summed E-state index contributed by atoms with van der Waals surface area (Å²) in [6, 6.07) is 16.9. The Bertz CT molecular complexity index is 727. The maximum atomic E-state index is 12.7. The summed E-state index contributed by atoms with van der Waals surface area (Å²) in [5.74, 6) is 1.50. The molecule has 1 aliphatic heterocycles. The van der Waals surface area contributed by atoms with Crippen LogP contribution < -0.4 is 9.47 Å². The molecule has 2 aromatic carbocycles. The summed E-state index contributed by atoms with van der Waals surface area (Å²) in [6.07, 6.45) is 0.349. The van der Waals surface area contributed by atoms with Gasteiger partial charge < -0.3 is 19.5 Å². The molecular formula is C21H25NO4. The third-order valence-electron chi connectivity index (χ3n) is 4.86. The molecule has 1 N–H and O–H groups in total. The summed E-state index contributed by atoms with van der Waals surface area (Å²) in [6.45, 7) is 2.67. The lowest BCUT2D eigenvalue weighted by molar-refractivity contribution is -0.142. The zero-order valence-electron chi connectivity index (χ0n) is 15.2. The van der Waals surface area contributed by atoms with E-state index in [1.54, 1.807) is 18.9 Å². The second-order valence-electron chi connectivity index (χ2n) is 6.89. The predicted molar refractivity (Wildman–Crippen MR) is 99.4 cm³/mol. The minimum atomic E-state index is -0.966. The molecular weight excluding hydrogens is 330 g/mol. The van der Waals surface area contributed by atoms with Crippen LogP contribution in [0.15, 0.2) is 54.6 Å². The molecule has 0 radical (unpaired) electrons. The first-order valence-electron chi connectivity index (χ1n) is 8.83. The highest BCUT2D eigenvalue weighted by atomic mass is 16.5. The van der Waals surface area contributed by atoms with E-state index < -0.39 is 11.7 Å². The van der Waals surface area contributed by atoms with Gasteiger partial charge in [0.2, 0.25) is 5.91 Å². The van der Waals surface area contributed by atoms with E-state index >= 15 is 0 Å². The number of para-hydroxylation sites is 1. The monoisotopic (exact) mass is 355 g/mol. The zero-order valence-corrected chi connectivity index (χ0v) is 15.2. The fourth-order valence-corrected chi connectivity index (χ4v) is 3.09. The lowest BCUT2D eigenvalue weighted by Crippen LogP contribution is -2.57. The molecule has 138 valence electrons. The van der Waals surface area contributed by atoms with Crippen LogP contribution in [0.4, 0.5) is 0 Å². The number of carbonyl (C=O) groups excluding carboxylic acids is 1. The largest absolute Gasteiger partial charge is 0.497 e. The molecule has 26 heavy (non-hydrogen) atoms. The smallest absolute Gasteiger partial charge is 0.227 e. The number of aliphatic hydroxyl groups is 1. The van der Waals surface area contributed by atoms with Crippen LogP contribution in [0, 0.1) is 0 Å². The Morgan fingerprint density at radius 3 is 2.50 bits per heavy atom. The van der Waals surface area contributed by atoms with Crippen molar-refractivity contribution in [1.29, 1.82) is 0 Å². The fourth-order valence-electron chi connectivity index (χ4n) is 3.09. The summed E-state index contributed by atoms with van der Waals surface area (Å²) in [7, 11) is 1.62. The van der Waals surface area contributed by atoms with E-state index in [1.165, 1.54) is 0 Å². The highest BCUT2D eigenvalue weighted by molar-refractivity contribution is 5.79. The molecule has 5 nitrogen and oxygen atoms in total. The van der Waals surface area contributed by atoms with Crippen LogP contribution in [0.2, 0.25) is 0 Å². The standard InChI is InChI=1S/C21H25NO4/c1-21(24)12-13-22(15-19(21)26-18-6-4-3-5-7-18)20(23)14-16-8-10-17(25-2)11-9-16/h3-11,19,24H,12-15H2,1-2H3/t19-,21-/m1/s1. The SMILES string of the molecule is COc1ccc(CC(=O)N2CC[C@@](C)(O)[C@H](Oc3ccccc3)C2)cc1. The molecule has 0 spiro atoms. The van der Waals surface area contributed by atoms with E-state index in [0.29, 0.717) is 31.7 Å². The van der Waals surface area contributed by atoms with Gasteiger partial charge in [-0.05, 0) is 43.2 Å². The van der Waals surface area contributed by atoms with Crippen molar-refractivity contribution in [2.75, 3.05) is 20.2 Å². The molecule has 2 atom stereocenters. The average Bonchev–Trinajstić information content (AvgIpc) is 2.65. The summed E-state index contributed by atoms with van der Waals surface area (Å²) in [5.41, 5.74) is -0.0270. The molecule has 2 aromatic rings. The molecule has 1 fully saturated rings. The van der Waals surface area contributed by atoms with Gasteiger partial charge in [0.1, 0.15) is 23.2 Å². The predicted octanol–water partition coefficient (Wildman–Crippen LogP) is 2.67. The van der Waals surface area contributed by atoms with E-state index in [9.17, 15) is 9.90 Å². The van der Waals surface area contributed by atoms with E-state index in [0.717, 1.165) is 11.3 Å². The van der Waals surface area contributed by atoms with Crippen LogP contribution in [-0.2, 0) is 11.2 Å². The van der Waals surface area contributed by atoms with Crippen molar-refractivity contribution in [2.45, 2.75) is 31.5 Å². The number of likely N-dealkylation sites (tertiary alicyclic amines) is 1. The van der Waals surface area contributed by atoms with Gasteiger partial charge >= 0.3 is 0 Å². The number of piperidine rings is 1. The number of hydrogen-bond donors (Lipinski definition) is 1. The summed E-state index contributed by atoms with van der Waals surface area (Å²) in [4.78, 5) is 14.5. The van der Waals surface area contributed by atoms with E-state index in [1.807, 2.05) is 54.6 Å². The van der Waals surface area contributed by atoms with Gasteiger partial charge in [-0.1, -0.05) is 30.3 Å². The first-order valence-corrected chi connectivity index (χ1v) is 8.83. The Balaban J connectivity index is 1.65. The lowest BCUT2D eigenvalue weighted by atomic mass is 9.90. The third-order valence-corrected chi connectivity index (χ3v) is 4.86. The Kier molecular flexibility index (Phi) is 5.47. The van der Waals surface area contributed by atoms with Crippen molar-refractivity contribution in [3.05, 3.63) is 60.2 Å². The van der Waals surface area contributed by atoms with Gasteiger partial charge in [-0.2, -0.15) is 0 Å². The molecule has 0 aliphatic carbocycles. The van der Waals surface area contributed by atoms with E-state index in [2.05, 4.69) is 0 Å². The normalized spacial score (nSPS) is 22.7. The topological polar surface area (TPSA) is 59.0 Å². The van der Waals surface area contributed by atoms with Gasteiger partial charge in [0, 0.05) is 6.54 Å². The average molecular weight is 355 g/mol. The van der Waals surface area contributed by atoms with Crippen LogP contribution in [0.1, 0.15) is 18.9 Å². The minimum Gasteiger partial charge on any atom is -0.497 e. The van der Waals surface area contributed by atoms with Gasteiger partial charge in [0.05, 0.1) is 20.1 Å². The second-order valence-corrected chi connectivity index (χ2v) is 6.89. The molecule has 1 amide bonds. The number of amides is 1. The molecule has 1 saturated heterocycles. The molecule has 0 saturated carbocycles. The van der Waals surface area contributed by atoms with Crippen LogP contribution >= 0.6 is 0 Å². The number of nitrogens with zero attached hydrogens (tertiary/aromatic N) is 1. The van der Waals surface area contributed by atoms with Crippen molar-refractivity contribution in [2.24, 2.45) is 0 Å². The zero-order chi connectivity index (χ0) is 18.6. The van der Waals surface area contributed by atoms with Crippen molar-refractivity contribution >= 4 is 5.91 Å². The Labute approximate surface area is 154 Å². The van der Waals surface area contributed by atoms with E-state index in [4.69, 9.17) is 9.47 Å². The van der Waals surface area contributed by atoms with E-state index in [-0.39, 0.29) is 5.91 Å². The van der Waals surface area contributed by atoms with Crippen LogP contribution in [0.5, 0.6) is 11.5 Å². The van der Waals surface area contributed by atoms with Crippen molar-refractivity contribution < 1.29 is 19.4 Å². The number of methoxy groups -OCH3 is 1. The third kappa shape index (κ3) is 4.35. The van der Waals surface area contributed by atoms with Gasteiger partial charge in [0.25, 0.3) is 0 Å². The second kappa shape index (κ2) is 7.79. The molecule has 1 heterocycles. The summed E-state index contributed by atoms with van der Waals surface area (Å²) >= 11 is 0. The first-order chi connectivity index (χ1) is 12.5. The van der Waals surface area contributed by atoms with Crippen LogP contribution in [-0.4, -0.2) is 47.8 Å². The Hall–Kier alpha value is -2.53. The van der Waals surface area contributed by atoms with Gasteiger partial charge in [0.15, 0.2) is 0 Å². The fraction of sp³-hybridized carbons (Fsp3) is 0.381. The van der Waals surface area contributed by atoms with Crippen molar-refractivity contribution in [3.8, 4) is 11.5 Å². The maximum absolute atomic E-state index is 12.7.